The fourth-order valence-electron chi connectivity index (χ4n) is 4.28. The number of hydrogen-bond acceptors (Lipinski definition) is 6. The molecular weight excluding hydrogens is 444 g/mol. The maximum absolute atomic E-state index is 13.6. The van der Waals surface area contributed by atoms with Crippen LogP contribution in [-0.2, 0) is 14.3 Å². The summed E-state index contributed by atoms with van der Waals surface area (Å²) >= 11 is 0. The van der Waals surface area contributed by atoms with Crippen LogP contribution in [0, 0.1) is 5.92 Å². The molecule has 35 heavy (non-hydrogen) atoms. The van der Waals surface area contributed by atoms with Gasteiger partial charge < -0.3 is 9.64 Å². The first-order chi connectivity index (χ1) is 16.8. The molecule has 3 aromatic rings. The van der Waals surface area contributed by atoms with E-state index >= 15 is 0 Å². The number of amides is 1. The fraction of sp³-hybridized carbons (Fsp3) is 0.214. The summed E-state index contributed by atoms with van der Waals surface area (Å²) in [5.41, 5.74) is 2.70. The number of esters is 1. The van der Waals surface area contributed by atoms with Crippen molar-refractivity contribution in [3.8, 4) is 0 Å². The predicted molar refractivity (Wildman–Crippen MR) is 133 cm³/mol. The van der Waals surface area contributed by atoms with Gasteiger partial charge >= 0.3 is 5.97 Å². The van der Waals surface area contributed by atoms with Gasteiger partial charge in [-0.05, 0) is 61.0 Å². The molecule has 178 valence electrons. The minimum absolute atomic E-state index is 0.245. The van der Waals surface area contributed by atoms with Crippen LogP contribution in [0.2, 0.25) is 0 Å². The van der Waals surface area contributed by atoms with Gasteiger partial charge in [-0.25, -0.2) is 4.79 Å². The van der Waals surface area contributed by atoms with Crippen molar-refractivity contribution in [2.75, 3.05) is 30.5 Å². The van der Waals surface area contributed by atoms with Crippen molar-refractivity contribution in [2.45, 2.75) is 13.0 Å². The molecule has 0 aromatic heterocycles. The maximum Gasteiger partial charge on any atom is 0.338 e. The Bertz CT molecular complexity index is 1250. The van der Waals surface area contributed by atoms with Gasteiger partial charge in [0.15, 0.2) is 5.78 Å². The molecule has 1 amide bonds. The van der Waals surface area contributed by atoms with Crippen molar-refractivity contribution in [3.05, 3.63) is 95.6 Å². The van der Waals surface area contributed by atoms with E-state index in [2.05, 4.69) is 0 Å². The second kappa shape index (κ2) is 9.93. The SMILES string of the molecule is CCOC(=O)c1ccc(N2C(=O)C(=O)C(C(=O)c3ccc(N(C)C)cc3)C2c2ccccc2)cc1. The molecule has 7 heteroatoms. The standard InChI is InChI=1S/C28H26N2O5/c1-4-35-28(34)20-12-16-22(17-13-20)30-24(18-8-6-5-7-9-18)23(26(32)27(30)33)25(31)19-10-14-21(15-11-19)29(2)3/h5-17,23-24H,4H2,1-3H3. The molecule has 1 fully saturated rings. The molecule has 0 radical (unpaired) electrons. The number of carbonyl (C=O) groups is 4. The summed E-state index contributed by atoms with van der Waals surface area (Å²) in [6.45, 7) is 1.96. The van der Waals surface area contributed by atoms with Gasteiger partial charge in [-0.3, -0.25) is 19.3 Å². The lowest BCUT2D eigenvalue weighted by atomic mass is 9.86. The van der Waals surface area contributed by atoms with Crippen molar-refractivity contribution in [2.24, 2.45) is 5.92 Å². The Morgan fingerprint density at radius 3 is 2.03 bits per heavy atom. The minimum atomic E-state index is -1.19. The molecule has 1 heterocycles. The van der Waals surface area contributed by atoms with E-state index in [1.54, 1.807) is 79.7 Å². The van der Waals surface area contributed by atoms with Crippen LogP contribution in [0.5, 0.6) is 0 Å². The summed E-state index contributed by atoms with van der Waals surface area (Å²) in [6, 6.07) is 21.4. The minimum Gasteiger partial charge on any atom is -0.462 e. The lowest BCUT2D eigenvalue weighted by molar-refractivity contribution is -0.135. The Kier molecular flexibility index (Phi) is 6.78. The number of Topliss-reactive ketones (excluding diaryl/α,β-unsaturated/α-hetero) is 2. The van der Waals surface area contributed by atoms with E-state index in [9.17, 15) is 19.2 Å². The second-order valence-electron chi connectivity index (χ2n) is 8.45. The van der Waals surface area contributed by atoms with Gasteiger partial charge in [0, 0.05) is 31.0 Å². The summed E-state index contributed by atoms with van der Waals surface area (Å²) in [5.74, 6) is -3.59. The Labute approximate surface area is 203 Å². The zero-order chi connectivity index (χ0) is 25.1. The van der Waals surface area contributed by atoms with Crippen LogP contribution in [0.3, 0.4) is 0 Å². The number of nitrogens with zero attached hydrogens (tertiary/aromatic N) is 2. The highest BCUT2D eigenvalue weighted by Gasteiger charge is 2.52. The van der Waals surface area contributed by atoms with Crippen LogP contribution in [0.15, 0.2) is 78.9 Å². The molecule has 0 aliphatic carbocycles. The van der Waals surface area contributed by atoms with Crippen LogP contribution in [0.25, 0.3) is 0 Å². The Morgan fingerprint density at radius 1 is 0.857 bits per heavy atom. The number of carbonyl (C=O) groups excluding carboxylic acids is 4. The average molecular weight is 471 g/mol. The summed E-state index contributed by atoms with van der Waals surface area (Å²) in [4.78, 5) is 55.3. The maximum atomic E-state index is 13.6. The smallest absolute Gasteiger partial charge is 0.338 e. The fourth-order valence-corrected chi connectivity index (χ4v) is 4.28. The van der Waals surface area contributed by atoms with Crippen LogP contribution >= 0.6 is 0 Å². The van der Waals surface area contributed by atoms with Crippen LogP contribution in [-0.4, -0.2) is 44.1 Å². The van der Waals surface area contributed by atoms with E-state index in [1.807, 2.05) is 25.1 Å². The zero-order valence-electron chi connectivity index (χ0n) is 19.8. The highest BCUT2D eigenvalue weighted by Crippen LogP contribution is 2.41. The monoisotopic (exact) mass is 470 g/mol. The third kappa shape index (κ3) is 4.57. The van der Waals surface area contributed by atoms with Crippen molar-refractivity contribution in [3.63, 3.8) is 0 Å². The summed E-state index contributed by atoms with van der Waals surface area (Å²) in [5, 5.41) is 0. The van der Waals surface area contributed by atoms with Crippen molar-refractivity contribution in [1.29, 1.82) is 0 Å². The molecule has 1 aliphatic rings. The summed E-state index contributed by atoms with van der Waals surface area (Å²) in [7, 11) is 3.79. The predicted octanol–water partition coefficient (Wildman–Crippen LogP) is 4.09. The number of anilines is 2. The molecule has 2 atom stereocenters. The molecule has 4 rings (SSSR count). The van der Waals surface area contributed by atoms with Gasteiger partial charge in [-0.1, -0.05) is 30.3 Å². The van der Waals surface area contributed by atoms with Crippen molar-refractivity contribution >= 4 is 34.8 Å². The van der Waals surface area contributed by atoms with Crippen molar-refractivity contribution < 1.29 is 23.9 Å². The molecular formula is C28H26N2O5. The number of benzene rings is 3. The normalized spacial score (nSPS) is 17.4. The lowest BCUT2D eigenvalue weighted by Crippen LogP contribution is -2.30. The molecule has 2 unspecified atom stereocenters. The molecule has 0 bridgehead atoms. The quantitative estimate of drug-likeness (QED) is 0.224. The molecule has 0 N–H and O–H groups in total. The second-order valence-corrected chi connectivity index (χ2v) is 8.45. The Hall–Kier alpha value is -4.26. The lowest BCUT2D eigenvalue weighted by Gasteiger charge is -2.27. The Morgan fingerprint density at radius 2 is 1.46 bits per heavy atom. The van der Waals surface area contributed by atoms with Crippen LogP contribution in [0.1, 0.15) is 39.2 Å². The van der Waals surface area contributed by atoms with Crippen LogP contribution < -0.4 is 9.80 Å². The van der Waals surface area contributed by atoms with E-state index in [-0.39, 0.29) is 6.61 Å². The Balaban J connectivity index is 1.75. The van der Waals surface area contributed by atoms with Gasteiger partial charge in [0.2, 0.25) is 5.78 Å². The summed E-state index contributed by atoms with van der Waals surface area (Å²) in [6.07, 6.45) is 0. The molecule has 0 saturated carbocycles. The van der Waals surface area contributed by atoms with E-state index in [1.165, 1.54) is 4.90 Å². The third-order valence-electron chi connectivity index (χ3n) is 6.05. The molecule has 0 spiro atoms. The highest BCUT2D eigenvalue weighted by atomic mass is 16.5. The largest absolute Gasteiger partial charge is 0.462 e. The van der Waals surface area contributed by atoms with Gasteiger partial charge in [-0.15, -0.1) is 0 Å². The van der Waals surface area contributed by atoms with E-state index in [0.717, 1.165) is 5.69 Å². The number of hydrogen-bond donors (Lipinski definition) is 0. The van der Waals surface area contributed by atoms with Gasteiger partial charge in [0.05, 0.1) is 18.2 Å². The summed E-state index contributed by atoms with van der Waals surface area (Å²) < 4.78 is 5.02. The number of ether oxygens (including phenoxy) is 1. The molecule has 7 nitrogen and oxygen atoms in total. The van der Waals surface area contributed by atoms with E-state index in [0.29, 0.717) is 22.4 Å². The van der Waals surface area contributed by atoms with Gasteiger partial charge in [0.25, 0.3) is 5.91 Å². The topological polar surface area (TPSA) is 84.0 Å². The average Bonchev–Trinajstić information content (AvgIpc) is 3.14. The van der Waals surface area contributed by atoms with Gasteiger partial charge in [-0.2, -0.15) is 0 Å². The molecule has 1 saturated heterocycles. The first-order valence-corrected chi connectivity index (χ1v) is 11.3. The first kappa shape index (κ1) is 23.9. The first-order valence-electron chi connectivity index (χ1n) is 11.3. The van der Waals surface area contributed by atoms with Crippen LogP contribution in [0.4, 0.5) is 11.4 Å². The molecule has 3 aromatic carbocycles. The third-order valence-corrected chi connectivity index (χ3v) is 6.05. The van der Waals surface area contributed by atoms with Crippen molar-refractivity contribution in [1.82, 2.24) is 0 Å². The van der Waals surface area contributed by atoms with E-state index in [4.69, 9.17) is 4.74 Å². The highest BCUT2D eigenvalue weighted by molar-refractivity contribution is 6.49. The molecule has 1 aliphatic heterocycles. The zero-order valence-corrected chi connectivity index (χ0v) is 19.8. The van der Waals surface area contributed by atoms with E-state index < -0.39 is 35.4 Å². The number of ketones is 2. The number of rotatable bonds is 7. The van der Waals surface area contributed by atoms with Gasteiger partial charge in [0.1, 0.15) is 5.92 Å².